The van der Waals surface area contributed by atoms with Crippen LogP contribution in [-0.2, 0) is 4.79 Å². The molecule has 22 heavy (non-hydrogen) atoms. The molecule has 0 radical (unpaired) electrons. The molecule has 0 saturated carbocycles. The van der Waals surface area contributed by atoms with Crippen molar-refractivity contribution in [3.8, 4) is 0 Å². The SMILES string of the molecule is CC(C)C(N)CCN(C)C(=O)CCNC(=O)c1ccsc1.Cl. The summed E-state index contributed by atoms with van der Waals surface area (Å²) >= 11 is 1.48. The largest absolute Gasteiger partial charge is 0.351 e. The molecule has 1 atom stereocenters. The van der Waals surface area contributed by atoms with Crippen LogP contribution in [0.1, 0.15) is 37.0 Å². The van der Waals surface area contributed by atoms with Crippen molar-refractivity contribution in [1.29, 1.82) is 0 Å². The number of hydrogen-bond acceptors (Lipinski definition) is 4. The summed E-state index contributed by atoms with van der Waals surface area (Å²) in [7, 11) is 1.77. The topological polar surface area (TPSA) is 75.4 Å². The number of carbonyl (C=O) groups is 2. The summed E-state index contributed by atoms with van der Waals surface area (Å²) in [4.78, 5) is 25.3. The second-order valence-electron chi connectivity index (χ2n) is 5.53. The summed E-state index contributed by atoms with van der Waals surface area (Å²) < 4.78 is 0. The van der Waals surface area contributed by atoms with E-state index in [0.717, 1.165) is 6.42 Å². The summed E-state index contributed by atoms with van der Waals surface area (Å²) in [5, 5.41) is 6.39. The van der Waals surface area contributed by atoms with Crippen molar-refractivity contribution in [3.05, 3.63) is 22.4 Å². The van der Waals surface area contributed by atoms with Gasteiger partial charge in [0.25, 0.3) is 5.91 Å². The highest BCUT2D eigenvalue weighted by atomic mass is 35.5. The molecule has 3 N–H and O–H groups in total. The second-order valence-corrected chi connectivity index (χ2v) is 6.31. The standard InChI is InChI=1S/C15H25N3O2S.ClH/c1-11(2)13(16)5-8-18(3)14(19)4-7-17-15(20)12-6-9-21-10-12;/h6,9-11,13H,4-5,7-8,16H2,1-3H3,(H,17,20);1H. The smallest absolute Gasteiger partial charge is 0.252 e. The lowest BCUT2D eigenvalue weighted by molar-refractivity contribution is -0.129. The van der Waals surface area contributed by atoms with Gasteiger partial charge in [0.1, 0.15) is 0 Å². The van der Waals surface area contributed by atoms with Gasteiger partial charge in [-0.3, -0.25) is 9.59 Å². The Morgan fingerprint density at radius 2 is 2.09 bits per heavy atom. The predicted molar refractivity (Wildman–Crippen MR) is 93.6 cm³/mol. The number of thiophene rings is 1. The van der Waals surface area contributed by atoms with E-state index in [2.05, 4.69) is 19.2 Å². The lowest BCUT2D eigenvalue weighted by Crippen LogP contribution is -2.36. The van der Waals surface area contributed by atoms with Crippen LogP contribution in [0.15, 0.2) is 16.8 Å². The Morgan fingerprint density at radius 3 is 2.64 bits per heavy atom. The van der Waals surface area contributed by atoms with Crippen LogP contribution >= 0.6 is 23.7 Å². The molecule has 0 spiro atoms. The average Bonchev–Trinajstić information content (AvgIpc) is 2.97. The van der Waals surface area contributed by atoms with Gasteiger partial charge in [-0.1, -0.05) is 13.8 Å². The third-order valence-electron chi connectivity index (χ3n) is 3.49. The van der Waals surface area contributed by atoms with E-state index < -0.39 is 0 Å². The van der Waals surface area contributed by atoms with Crippen molar-refractivity contribution in [2.24, 2.45) is 11.7 Å². The zero-order valence-corrected chi connectivity index (χ0v) is 15.0. The Kier molecular flexibility index (Phi) is 10.1. The van der Waals surface area contributed by atoms with Gasteiger partial charge >= 0.3 is 0 Å². The zero-order chi connectivity index (χ0) is 15.8. The van der Waals surface area contributed by atoms with Crippen LogP contribution < -0.4 is 11.1 Å². The van der Waals surface area contributed by atoms with Crippen LogP contribution in [0, 0.1) is 5.92 Å². The summed E-state index contributed by atoms with van der Waals surface area (Å²) in [6, 6.07) is 1.87. The van der Waals surface area contributed by atoms with E-state index in [1.54, 1.807) is 23.4 Å². The quantitative estimate of drug-likeness (QED) is 0.756. The molecule has 1 aromatic rings. The number of rotatable bonds is 8. The molecule has 2 amide bonds. The Labute approximate surface area is 142 Å². The lowest BCUT2D eigenvalue weighted by Gasteiger charge is -2.21. The number of amides is 2. The predicted octanol–water partition coefficient (Wildman–Crippen LogP) is 2.12. The van der Waals surface area contributed by atoms with Crippen molar-refractivity contribution in [2.75, 3.05) is 20.1 Å². The van der Waals surface area contributed by atoms with Crippen molar-refractivity contribution >= 4 is 35.6 Å². The maximum Gasteiger partial charge on any atom is 0.252 e. The maximum absolute atomic E-state index is 11.9. The summed E-state index contributed by atoms with van der Waals surface area (Å²) in [6.07, 6.45) is 1.10. The van der Waals surface area contributed by atoms with Gasteiger partial charge in [-0.05, 0) is 23.8 Å². The molecule has 1 aromatic heterocycles. The zero-order valence-electron chi connectivity index (χ0n) is 13.4. The van der Waals surface area contributed by atoms with Crippen molar-refractivity contribution in [1.82, 2.24) is 10.2 Å². The van der Waals surface area contributed by atoms with E-state index >= 15 is 0 Å². The molecular weight excluding hydrogens is 322 g/mol. The lowest BCUT2D eigenvalue weighted by atomic mass is 10.0. The Hall–Kier alpha value is -1.11. The van der Waals surface area contributed by atoms with Crippen LogP contribution in [0.4, 0.5) is 0 Å². The number of hydrogen-bond donors (Lipinski definition) is 2. The van der Waals surface area contributed by atoms with Gasteiger partial charge in [-0.2, -0.15) is 11.3 Å². The van der Waals surface area contributed by atoms with Gasteiger partial charge in [0.05, 0.1) is 0 Å². The molecule has 0 saturated heterocycles. The Balaban J connectivity index is 0.00000441. The molecule has 0 bridgehead atoms. The maximum atomic E-state index is 11.9. The molecular formula is C15H26ClN3O2S. The number of halogens is 1. The van der Waals surface area contributed by atoms with Crippen LogP contribution in [0.3, 0.4) is 0 Å². The van der Waals surface area contributed by atoms with Gasteiger partial charge in [0, 0.05) is 43.5 Å². The Bertz CT molecular complexity index is 452. The highest BCUT2D eigenvalue weighted by Gasteiger charge is 2.13. The molecule has 5 nitrogen and oxygen atoms in total. The number of nitrogens with zero attached hydrogens (tertiary/aromatic N) is 1. The molecule has 1 unspecified atom stereocenters. The van der Waals surface area contributed by atoms with E-state index in [4.69, 9.17) is 5.73 Å². The van der Waals surface area contributed by atoms with Crippen LogP contribution in [0.2, 0.25) is 0 Å². The fourth-order valence-corrected chi connectivity index (χ4v) is 2.41. The highest BCUT2D eigenvalue weighted by molar-refractivity contribution is 7.08. The first-order valence-corrected chi connectivity index (χ1v) is 8.16. The number of nitrogens with one attached hydrogen (secondary N) is 1. The van der Waals surface area contributed by atoms with Crippen molar-refractivity contribution in [3.63, 3.8) is 0 Å². The van der Waals surface area contributed by atoms with Crippen LogP contribution in [-0.4, -0.2) is 42.9 Å². The van der Waals surface area contributed by atoms with Gasteiger partial charge in [0.2, 0.25) is 5.91 Å². The third-order valence-corrected chi connectivity index (χ3v) is 4.17. The first-order valence-electron chi connectivity index (χ1n) is 7.21. The summed E-state index contributed by atoms with van der Waals surface area (Å²) in [5.41, 5.74) is 6.61. The van der Waals surface area contributed by atoms with E-state index in [1.165, 1.54) is 11.3 Å². The van der Waals surface area contributed by atoms with Gasteiger partial charge in [0.15, 0.2) is 0 Å². The molecule has 7 heteroatoms. The number of carbonyl (C=O) groups excluding carboxylic acids is 2. The number of nitrogens with two attached hydrogens (primary N) is 1. The van der Waals surface area contributed by atoms with E-state index in [-0.39, 0.29) is 30.3 Å². The fourth-order valence-electron chi connectivity index (χ4n) is 1.77. The molecule has 1 rings (SSSR count). The fraction of sp³-hybridized carbons (Fsp3) is 0.600. The molecule has 0 fully saturated rings. The van der Waals surface area contributed by atoms with Crippen molar-refractivity contribution in [2.45, 2.75) is 32.7 Å². The van der Waals surface area contributed by atoms with Gasteiger partial charge < -0.3 is 16.0 Å². The molecule has 1 heterocycles. The van der Waals surface area contributed by atoms with E-state index in [0.29, 0.717) is 31.0 Å². The van der Waals surface area contributed by atoms with Gasteiger partial charge in [-0.25, -0.2) is 0 Å². The third kappa shape index (κ3) is 7.24. The molecule has 0 aliphatic rings. The van der Waals surface area contributed by atoms with Gasteiger partial charge in [-0.15, -0.1) is 12.4 Å². The molecule has 0 aliphatic carbocycles. The van der Waals surface area contributed by atoms with Crippen LogP contribution in [0.25, 0.3) is 0 Å². The monoisotopic (exact) mass is 347 g/mol. The Morgan fingerprint density at radius 1 is 1.41 bits per heavy atom. The van der Waals surface area contributed by atoms with E-state index in [1.807, 2.05) is 5.38 Å². The van der Waals surface area contributed by atoms with Crippen molar-refractivity contribution < 1.29 is 9.59 Å². The first-order chi connectivity index (χ1) is 9.91. The average molecular weight is 348 g/mol. The minimum Gasteiger partial charge on any atom is -0.351 e. The molecule has 0 aliphatic heterocycles. The first kappa shape index (κ1) is 20.9. The highest BCUT2D eigenvalue weighted by Crippen LogP contribution is 2.06. The minimum absolute atomic E-state index is 0. The summed E-state index contributed by atoms with van der Waals surface area (Å²) in [5.74, 6) is 0.309. The molecule has 0 aromatic carbocycles. The normalized spacial score (nSPS) is 11.7. The molecule has 126 valence electrons. The van der Waals surface area contributed by atoms with E-state index in [9.17, 15) is 9.59 Å². The minimum atomic E-state index is -0.131. The second kappa shape index (κ2) is 10.6. The summed E-state index contributed by atoms with van der Waals surface area (Å²) in [6.45, 7) is 5.16. The van der Waals surface area contributed by atoms with Crippen LogP contribution in [0.5, 0.6) is 0 Å².